The van der Waals surface area contributed by atoms with Crippen LogP contribution in [0, 0.1) is 23.2 Å². The highest BCUT2D eigenvalue weighted by molar-refractivity contribution is 7.89. The molecule has 0 radical (unpaired) electrons. The minimum Gasteiger partial charge on any atom is -0.497 e. The van der Waals surface area contributed by atoms with Gasteiger partial charge in [-0.05, 0) is 111 Å². The lowest BCUT2D eigenvalue weighted by Gasteiger charge is -2.31. The van der Waals surface area contributed by atoms with Crippen molar-refractivity contribution in [2.24, 2.45) is 23.2 Å². The van der Waals surface area contributed by atoms with E-state index < -0.39 is 46.1 Å². The van der Waals surface area contributed by atoms with E-state index in [2.05, 4.69) is 19.2 Å². The van der Waals surface area contributed by atoms with E-state index in [1.807, 2.05) is 45.0 Å². The van der Waals surface area contributed by atoms with E-state index in [-0.39, 0.29) is 60.1 Å². The van der Waals surface area contributed by atoms with Crippen LogP contribution in [-0.4, -0.2) is 99.1 Å². The molecule has 61 heavy (non-hydrogen) atoms. The fourth-order valence-electron chi connectivity index (χ4n) is 9.62. The largest absolute Gasteiger partial charge is 0.497 e. The standard InChI is InChI=1S/C46H62N2O11S2/c1-28(2)24-48(61(53,54)33-16-14-31(55-6)15-17-33)25-38(49)37(47-44(52)59-39-27-58-46(5)36(39)19-21-57-46)22-29-10-12-32(13-11-29)56-26-30-8-7-9-34(30)42-41(43(50)51)35-23-45(3,4)20-18-40(35)60-42/h10-17,28,30,34,36-39,49H,7-9,18-27H2,1-6H3,(H,47,52)(H,50,51)/t30?,34?,36-,37-,38+,39-,46+/m0/s1. The number of aliphatic hydroxyl groups is 1. The third-order valence-electron chi connectivity index (χ3n) is 13.0. The lowest BCUT2D eigenvalue weighted by Crippen LogP contribution is -2.51. The van der Waals surface area contributed by atoms with Gasteiger partial charge in [0, 0.05) is 34.7 Å². The normalized spacial score (nSPS) is 25.5. The molecule has 3 heterocycles. The van der Waals surface area contributed by atoms with Crippen LogP contribution < -0.4 is 14.8 Å². The number of carbonyl (C=O) groups is 2. The Kier molecular flexibility index (Phi) is 13.8. The number of carboxylic acids is 1. The number of sulfonamides is 1. The molecule has 3 N–H and O–H groups in total. The fourth-order valence-corrected chi connectivity index (χ4v) is 12.8. The van der Waals surface area contributed by atoms with Gasteiger partial charge >= 0.3 is 12.1 Å². The molecule has 2 saturated heterocycles. The summed E-state index contributed by atoms with van der Waals surface area (Å²) in [5.41, 5.74) is 2.42. The highest BCUT2D eigenvalue weighted by atomic mass is 32.2. The number of benzene rings is 2. The minimum atomic E-state index is -4.04. The number of thiophene rings is 1. The number of aliphatic hydroxyl groups excluding tert-OH is 1. The molecular weight excluding hydrogens is 821 g/mol. The maximum absolute atomic E-state index is 14.0. The minimum absolute atomic E-state index is 0.0590. The lowest BCUT2D eigenvalue weighted by molar-refractivity contribution is -0.181. The van der Waals surface area contributed by atoms with Crippen molar-refractivity contribution in [2.75, 3.05) is 40.0 Å². The van der Waals surface area contributed by atoms with E-state index in [1.54, 1.807) is 23.5 Å². The highest BCUT2D eigenvalue weighted by Crippen LogP contribution is 2.49. The molecule has 4 aliphatic rings. The van der Waals surface area contributed by atoms with Gasteiger partial charge in [0.2, 0.25) is 10.0 Å². The van der Waals surface area contributed by atoms with Crippen molar-refractivity contribution >= 4 is 33.4 Å². The number of carbonyl (C=O) groups excluding carboxylic acids is 1. The van der Waals surface area contributed by atoms with Crippen molar-refractivity contribution in [3.05, 3.63) is 75.0 Å². The zero-order valence-corrected chi connectivity index (χ0v) is 37.8. The first kappa shape index (κ1) is 45.3. The molecule has 2 unspecified atom stereocenters. The molecule has 7 atom stereocenters. The number of methoxy groups -OCH3 is 1. The van der Waals surface area contributed by atoms with Crippen LogP contribution in [0.25, 0.3) is 0 Å². The van der Waals surface area contributed by atoms with Gasteiger partial charge in [-0.3, -0.25) is 0 Å². The molecule has 2 aromatic carbocycles. The molecule has 15 heteroatoms. The molecule has 7 rings (SSSR count). The summed E-state index contributed by atoms with van der Waals surface area (Å²) in [7, 11) is -2.54. The molecule has 2 aliphatic heterocycles. The van der Waals surface area contributed by atoms with Crippen LogP contribution in [0.3, 0.4) is 0 Å². The number of aromatic carboxylic acids is 1. The number of nitrogens with zero attached hydrogens (tertiary/aromatic N) is 1. The summed E-state index contributed by atoms with van der Waals surface area (Å²) in [6.07, 6.45) is 3.93. The first-order valence-corrected chi connectivity index (χ1v) is 23.9. The number of fused-ring (bicyclic) bond motifs is 2. The Morgan fingerprint density at radius 3 is 2.41 bits per heavy atom. The van der Waals surface area contributed by atoms with Crippen molar-refractivity contribution in [3.8, 4) is 11.5 Å². The van der Waals surface area contributed by atoms with E-state index in [1.165, 1.54) is 28.4 Å². The second-order valence-electron chi connectivity index (χ2n) is 18.6. The van der Waals surface area contributed by atoms with Gasteiger partial charge in [-0.2, -0.15) is 4.31 Å². The SMILES string of the molecule is COc1ccc(S(=O)(=O)N(CC(C)C)C[C@@H](O)[C@H](Cc2ccc(OCC3CCCC3c3sc4c(c3C(=O)O)CC(C)(C)CC4)cc2)NC(=O)O[C@H]2CO[C@@]3(C)OCC[C@@H]23)cc1. The molecule has 1 aromatic heterocycles. The van der Waals surface area contributed by atoms with Crippen molar-refractivity contribution in [1.82, 2.24) is 9.62 Å². The fraction of sp³-hybridized carbons (Fsp3) is 0.609. The Morgan fingerprint density at radius 1 is 1.00 bits per heavy atom. The molecular formula is C46H62N2O11S2. The molecule has 13 nitrogen and oxygen atoms in total. The van der Waals surface area contributed by atoms with Gasteiger partial charge in [-0.25, -0.2) is 18.0 Å². The predicted octanol–water partition coefficient (Wildman–Crippen LogP) is 7.43. The maximum atomic E-state index is 14.0. The Bertz CT molecular complexity index is 2120. The van der Waals surface area contributed by atoms with Crippen molar-refractivity contribution in [2.45, 2.75) is 121 Å². The van der Waals surface area contributed by atoms with Gasteiger partial charge in [0.05, 0.1) is 55.5 Å². The van der Waals surface area contributed by atoms with E-state index in [9.17, 15) is 28.2 Å². The topological polar surface area (TPSA) is 170 Å². The van der Waals surface area contributed by atoms with E-state index >= 15 is 0 Å². The van der Waals surface area contributed by atoms with E-state index in [0.717, 1.165) is 54.5 Å². The van der Waals surface area contributed by atoms with Gasteiger partial charge in [-0.15, -0.1) is 11.3 Å². The molecule has 0 bridgehead atoms. The first-order chi connectivity index (χ1) is 29.0. The highest BCUT2D eigenvalue weighted by Gasteiger charge is 2.53. The quantitative estimate of drug-likeness (QED) is 0.123. The van der Waals surface area contributed by atoms with Gasteiger partial charge in [0.15, 0.2) is 5.79 Å². The van der Waals surface area contributed by atoms with Crippen molar-refractivity contribution in [3.63, 3.8) is 0 Å². The van der Waals surface area contributed by atoms with Gasteiger partial charge in [0.25, 0.3) is 0 Å². The number of amides is 1. The second-order valence-corrected chi connectivity index (χ2v) is 21.6. The van der Waals surface area contributed by atoms with Crippen LogP contribution in [0.5, 0.6) is 11.5 Å². The predicted molar refractivity (Wildman–Crippen MR) is 231 cm³/mol. The Morgan fingerprint density at radius 2 is 1.72 bits per heavy atom. The number of nitrogens with one attached hydrogen (secondary N) is 1. The van der Waals surface area contributed by atoms with Crippen LogP contribution >= 0.6 is 11.3 Å². The second kappa shape index (κ2) is 18.5. The van der Waals surface area contributed by atoms with E-state index in [0.29, 0.717) is 36.7 Å². The lowest BCUT2D eigenvalue weighted by atomic mass is 9.75. The zero-order chi connectivity index (χ0) is 43.7. The smallest absolute Gasteiger partial charge is 0.407 e. The number of rotatable bonds is 17. The molecule has 3 aromatic rings. The molecule has 0 spiro atoms. The Labute approximate surface area is 364 Å². The summed E-state index contributed by atoms with van der Waals surface area (Å²) in [4.78, 5) is 28.5. The number of aryl methyl sites for hydroxylation is 1. The van der Waals surface area contributed by atoms with Crippen molar-refractivity contribution in [1.29, 1.82) is 0 Å². The van der Waals surface area contributed by atoms with Crippen LogP contribution in [-0.2, 0) is 43.5 Å². The average Bonchev–Trinajstić information content (AvgIpc) is 3.99. The number of hydrogen-bond acceptors (Lipinski definition) is 11. The molecule has 334 valence electrons. The van der Waals surface area contributed by atoms with Crippen LogP contribution in [0.2, 0.25) is 0 Å². The molecule has 1 amide bonds. The average molecular weight is 883 g/mol. The number of hydrogen-bond donors (Lipinski definition) is 3. The third kappa shape index (κ3) is 10.2. The summed E-state index contributed by atoms with van der Waals surface area (Å²) < 4.78 is 58.3. The van der Waals surface area contributed by atoms with Gasteiger partial charge < -0.3 is 39.2 Å². The Balaban J connectivity index is 1.05. The van der Waals surface area contributed by atoms with Crippen LogP contribution in [0.1, 0.15) is 104 Å². The van der Waals surface area contributed by atoms with E-state index in [4.69, 9.17) is 23.7 Å². The molecule has 1 saturated carbocycles. The van der Waals surface area contributed by atoms with Gasteiger partial charge in [-0.1, -0.05) is 46.2 Å². The zero-order valence-electron chi connectivity index (χ0n) is 36.2. The van der Waals surface area contributed by atoms with Crippen LogP contribution in [0.4, 0.5) is 4.79 Å². The summed E-state index contributed by atoms with van der Waals surface area (Å²) >= 11 is 1.70. The summed E-state index contributed by atoms with van der Waals surface area (Å²) in [6.45, 7) is 11.1. The summed E-state index contributed by atoms with van der Waals surface area (Å²) in [5.74, 6) is -0.353. The van der Waals surface area contributed by atoms with Gasteiger partial charge in [0.1, 0.15) is 17.6 Å². The summed E-state index contributed by atoms with van der Waals surface area (Å²) in [5, 5.41) is 25.1. The number of alkyl carbamates (subject to hydrolysis) is 1. The molecule has 3 fully saturated rings. The third-order valence-corrected chi connectivity index (χ3v) is 16.3. The number of carboxylic acid groups (broad SMARTS) is 1. The van der Waals surface area contributed by atoms with Crippen LogP contribution in [0.15, 0.2) is 53.4 Å². The maximum Gasteiger partial charge on any atom is 0.407 e. The first-order valence-electron chi connectivity index (χ1n) is 21.6. The number of ether oxygens (including phenoxy) is 5. The van der Waals surface area contributed by atoms with Crippen molar-refractivity contribution < 1.29 is 51.9 Å². The summed E-state index contributed by atoms with van der Waals surface area (Å²) in [6, 6.07) is 12.6. The monoisotopic (exact) mass is 882 g/mol. The Hall–Kier alpha value is -3.73. The molecule has 2 aliphatic carbocycles.